The molecule has 6 heteroatoms. The van der Waals surface area contributed by atoms with Gasteiger partial charge in [0.25, 0.3) is 5.91 Å². The number of amides is 3. The highest BCUT2D eigenvalue weighted by Crippen LogP contribution is 2.42. The number of carbonyl (C=O) groups excluding carboxylic acids is 3. The zero-order valence-corrected chi connectivity index (χ0v) is 19.5. The summed E-state index contributed by atoms with van der Waals surface area (Å²) in [6, 6.07) is -0.332. The quantitative estimate of drug-likeness (QED) is 0.596. The number of rotatable bonds is 4. The van der Waals surface area contributed by atoms with Gasteiger partial charge in [-0.15, -0.1) is 0 Å². The standard InChI is InChI=1S/C25H40N2O4/c1-24(19-12-8-7-9-13-19)22(29)27(23(30)26(24)2)18-20(28)21-14-17-25(31-21)15-10-5-3-4-6-11-16-25/h19,21H,3-18H2,1-2H3. The van der Waals surface area contributed by atoms with Crippen molar-refractivity contribution in [1.29, 1.82) is 0 Å². The molecule has 2 heterocycles. The lowest BCUT2D eigenvalue weighted by Crippen LogP contribution is -2.52. The lowest BCUT2D eigenvalue weighted by molar-refractivity contribution is -0.142. The van der Waals surface area contributed by atoms with Gasteiger partial charge in [-0.2, -0.15) is 0 Å². The third-order valence-corrected chi connectivity index (χ3v) is 8.74. The summed E-state index contributed by atoms with van der Waals surface area (Å²) in [6.07, 6.45) is 16.0. The lowest BCUT2D eigenvalue weighted by Gasteiger charge is -2.38. The maximum absolute atomic E-state index is 13.4. The maximum Gasteiger partial charge on any atom is 0.327 e. The van der Waals surface area contributed by atoms with Crippen molar-refractivity contribution in [2.24, 2.45) is 5.92 Å². The Hall–Kier alpha value is -1.43. The molecule has 2 aliphatic carbocycles. The van der Waals surface area contributed by atoms with Gasteiger partial charge in [-0.1, -0.05) is 57.8 Å². The summed E-state index contributed by atoms with van der Waals surface area (Å²) >= 11 is 0. The molecule has 0 aromatic rings. The summed E-state index contributed by atoms with van der Waals surface area (Å²) < 4.78 is 6.41. The topological polar surface area (TPSA) is 66.9 Å². The zero-order valence-electron chi connectivity index (χ0n) is 19.5. The smallest absolute Gasteiger partial charge is 0.327 e. The molecule has 31 heavy (non-hydrogen) atoms. The number of imide groups is 1. The Morgan fingerprint density at radius 3 is 2.13 bits per heavy atom. The second kappa shape index (κ2) is 9.21. The first kappa shape index (κ1) is 22.8. The molecule has 2 saturated heterocycles. The summed E-state index contributed by atoms with van der Waals surface area (Å²) in [4.78, 5) is 42.3. The fourth-order valence-electron chi connectivity index (χ4n) is 6.53. The monoisotopic (exact) mass is 432 g/mol. The van der Waals surface area contributed by atoms with Crippen LogP contribution < -0.4 is 0 Å². The Morgan fingerprint density at radius 1 is 0.903 bits per heavy atom. The van der Waals surface area contributed by atoms with Gasteiger partial charge in [0.1, 0.15) is 11.6 Å². The van der Waals surface area contributed by atoms with E-state index in [1.54, 1.807) is 11.9 Å². The summed E-state index contributed by atoms with van der Waals surface area (Å²) in [5, 5.41) is 0. The van der Waals surface area contributed by atoms with Crippen LogP contribution in [0, 0.1) is 5.92 Å². The number of nitrogens with zero attached hydrogens (tertiary/aromatic N) is 2. The molecule has 2 aliphatic heterocycles. The molecule has 1 spiro atoms. The molecule has 4 aliphatic rings. The minimum Gasteiger partial charge on any atom is -0.364 e. The van der Waals surface area contributed by atoms with Gasteiger partial charge < -0.3 is 9.64 Å². The summed E-state index contributed by atoms with van der Waals surface area (Å²) in [5.41, 5.74) is -0.996. The highest BCUT2D eigenvalue weighted by molar-refractivity contribution is 6.09. The van der Waals surface area contributed by atoms with E-state index in [9.17, 15) is 14.4 Å². The van der Waals surface area contributed by atoms with Crippen LogP contribution >= 0.6 is 0 Å². The molecule has 2 unspecified atom stereocenters. The molecule has 2 saturated carbocycles. The molecule has 3 amide bonds. The first-order chi connectivity index (χ1) is 14.9. The number of ketones is 1. The van der Waals surface area contributed by atoms with Crippen molar-refractivity contribution in [1.82, 2.24) is 9.80 Å². The first-order valence-electron chi connectivity index (χ1n) is 12.7. The number of hydrogen-bond donors (Lipinski definition) is 0. The van der Waals surface area contributed by atoms with Gasteiger partial charge in [-0.05, 0) is 51.4 Å². The fraction of sp³-hybridized carbons (Fsp3) is 0.880. The van der Waals surface area contributed by atoms with Crippen LogP contribution in [-0.4, -0.2) is 58.4 Å². The molecule has 4 fully saturated rings. The van der Waals surface area contributed by atoms with Crippen LogP contribution in [0.1, 0.15) is 103 Å². The summed E-state index contributed by atoms with van der Waals surface area (Å²) in [6.45, 7) is 1.75. The van der Waals surface area contributed by atoms with E-state index in [1.807, 2.05) is 6.92 Å². The molecule has 0 aromatic carbocycles. The minimum atomic E-state index is -0.826. The van der Waals surface area contributed by atoms with Gasteiger partial charge in [-0.3, -0.25) is 14.5 Å². The zero-order chi connectivity index (χ0) is 22.1. The van der Waals surface area contributed by atoms with E-state index in [2.05, 4.69) is 0 Å². The van der Waals surface area contributed by atoms with E-state index in [4.69, 9.17) is 4.74 Å². The number of ether oxygens (including phenoxy) is 1. The Morgan fingerprint density at radius 2 is 1.48 bits per heavy atom. The van der Waals surface area contributed by atoms with E-state index in [1.165, 1.54) is 37.0 Å². The van der Waals surface area contributed by atoms with Crippen molar-refractivity contribution in [3.05, 3.63) is 0 Å². The van der Waals surface area contributed by atoms with Crippen molar-refractivity contribution < 1.29 is 19.1 Å². The van der Waals surface area contributed by atoms with Crippen LogP contribution in [0.4, 0.5) is 4.79 Å². The molecule has 4 rings (SSSR count). The fourth-order valence-corrected chi connectivity index (χ4v) is 6.53. The molecule has 6 nitrogen and oxygen atoms in total. The molecule has 2 atom stereocenters. The van der Waals surface area contributed by atoms with Crippen LogP contribution in [0.15, 0.2) is 0 Å². The molecule has 0 radical (unpaired) electrons. The van der Waals surface area contributed by atoms with Crippen LogP contribution in [-0.2, 0) is 14.3 Å². The van der Waals surface area contributed by atoms with Crippen molar-refractivity contribution in [3.63, 3.8) is 0 Å². The third-order valence-electron chi connectivity index (χ3n) is 8.74. The molecule has 0 bridgehead atoms. The Bertz CT molecular complexity index is 692. The SMILES string of the molecule is CN1C(=O)N(CC(=O)C2CCC3(CCCCCCCC3)O2)C(=O)C1(C)C1CCCCC1. The molecule has 0 N–H and O–H groups in total. The Kier molecular flexibility index (Phi) is 6.76. The largest absolute Gasteiger partial charge is 0.364 e. The number of likely N-dealkylation sites (N-methyl/N-ethyl adjacent to an activating group) is 1. The molecular formula is C25H40N2O4. The second-order valence-electron chi connectivity index (χ2n) is 10.6. The predicted octanol–water partition coefficient (Wildman–Crippen LogP) is 4.84. The van der Waals surface area contributed by atoms with Gasteiger partial charge in [-0.25, -0.2) is 4.79 Å². The second-order valence-corrected chi connectivity index (χ2v) is 10.6. The molecule has 0 aromatic heterocycles. The van der Waals surface area contributed by atoms with Crippen molar-refractivity contribution in [2.75, 3.05) is 13.6 Å². The minimum absolute atomic E-state index is 0.111. The van der Waals surface area contributed by atoms with Crippen molar-refractivity contribution in [3.8, 4) is 0 Å². The van der Waals surface area contributed by atoms with E-state index in [0.717, 1.165) is 57.8 Å². The summed E-state index contributed by atoms with van der Waals surface area (Å²) in [5.74, 6) is -0.136. The Labute approximate surface area is 187 Å². The number of carbonyl (C=O) groups is 3. The van der Waals surface area contributed by atoms with Crippen LogP contribution in [0.5, 0.6) is 0 Å². The third kappa shape index (κ3) is 4.29. The average Bonchev–Trinajstić information content (AvgIpc) is 3.31. The Balaban J connectivity index is 1.41. The first-order valence-corrected chi connectivity index (χ1v) is 12.7. The van der Waals surface area contributed by atoms with E-state index in [-0.39, 0.29) is 35.8 Å². The molecular weight excluding hydrogens is 392 g/mol. The van der Waals surface area contributed by atoms with Gasteiger partial charge in [0.2, 0.25) is 0 Å². The van der Waals surface area contributed by atoms with Crippen LogP contribution in [0.3, 0.4) is 0 Å². The number of hydrogen-bond acceptors (Lipinski definition) is 4. The van der Waals surface area contributed by atoms with Crippen molar-refractivity contribution >= 4 is 17.7 Å². The predicted molar refractivity (Wildman–Crippen MR) is 119 cm³/mol. The molecule has 174 valence electrons. The van der Waals surface area contributed by atoms with Gasteiger partial charge >= 0.3 is 6.03 Å². The van der Waals surface area contributed by atoms with Crippen LogP contribution in [0.25, 0.3) is 0 Å². The van der Waals surface area contributed by atoms with Gasteiger partial charge in [0.05, 0.1) is 12.1 Å². The number of Topliss-reactive ketones (excluding diaryl/α,β-unsaturated/α-hetero) is 1. The van der Waals surface area contributed by atoms with Gasteiger partial charge in [0.15, 0.2) is 5.78 Å². The van der Waals surface area contributed by atoms with Gasteiger partial charge in [0, 0.05) is 7.05 Å². The number of urea groups is 1. The normalized spacial score (nSPS) is 32.9. The van der Waals surface area contributed by atoms with E-state index < -0.39 is 11.6 Å². The highest BCUT2D eigenvalue weighted by atomic mass is 16.5. The van der Waals surface area contributed by atoms with Crippen LogP contribution in [0.2, 0.25) is 0 Å². The van der Waals surface area contributed by atoms with Crippen molar-refractivity contribution in [2.45, 2.75) is 120 Å². The summed E-state index contributed by atoms with van der Waals surface area (Å²) in [7, 11) is 1.72. The lowest BCUT2D eigenvalue weighted by atomic mass is 9.75. The van der Waals surface area contributed by atoms with E-state index >= 15 is 0 Å². The maximum atomic E-state index is 13.4. The average molecular weight is 433 g/mol. The van der Waals surface area contributed by atoms with E-state index in [0.29, 0.717) is 6.42 Å². The highest BCUT2D eigenvalue weighted by Gasteiger charge is 2.57.